The Kier molecular flexibility index (Phi) is 18.8. The number of nitrogens with one attached hydrogen (secondary N) is 5. The number of esters is 1. The van der Waals surface area contributed by atoms with E-state index in [9.17, 15) is 53.4 Å². The average molecular weight is 919 g/mol. The fourth-order valence-electron chi connectivity index (χ4n) is 7.67. The Morgan fingerprint density at radius 3 is 2.14 bits per heavy atom. The summed E-state index contributed by atoms with van der Waals surface area (Å²) >= 11 is 0. The van der Waals surface area contributed by atoms with Crippen molar-refractivity contribution in [1.29, 1.82) is 0 Å². The lowest BCUT2D eigenvalue weighted by molar-refractivity contribution is -0.165. The SMILES string of the molecule is C/C=C1\NC(=O)[C@@H](NC(=O)[C@H](CCC(N)=O)NC(=O)CCC)[C@@H](C)OC(=O)[C@H](C(C)C)NC(=O)[C@H](Cc2ccc(O)cc2)N(C)C(=O)[C@H](Cc2ccccc2)N2C(=O)[C@H](CC[C@H]2O)NC1=O. The molecule has 0 radical (unpaired) electrons. The van der Waals surface area contributed by atoms with Gasteiger partial charge in [0.15, 0.2) is 0 Å². The van der Waals surface area contributed by atoms with Crippen molar-refractivity contribution in [2.75, 3.05) is 7.05 Å². The van der Waals surface area contributed by atoms with Crippen LogP contribution in [-0.2, 0) is 60.7 Å². The monoisotopic (exact) mass is 918 g/mol. The summed E-state index contributed by atoms with van der Waals surface area (Å²) < 4.78 is 5.80. The van der Waals surface area contributed by atoms with Crippen molar-refractivity contribution in [2.24, 2.45) is 11.7 Å². The summed E-state index contributed by atoms with van der Waals surface area (Å²) in [6.45, 7) is 7.65. The molecule has 8 atom stereocenters. The first-order valence-electron chi connectivity index (χ1n) is 22.0. The van der Waals surface area contributed by atoms with E-state index in [0.29, 0.717) is 17.5 Å². The number of carbonyl (C=O) groups excluding carboxylic acids is 9. The van der Waals surface area contributed by atoms with Gasteiger partial charge in [0.05, 0.1) is 0 Å². The fraction of sp³-hybridized carbons (Fsp3) is 0.500. The first-order valence-corrected chi connectivity index (χ1v) is 22.0. The molecule has 2 aliphatic heterocycles. The van der Waals surface area contributed by atoms with Crippen molar-refractivity contribution < 1.29 is 58.1 Å². The van der Waals surface area contributed by atoms with Crippen LogP contribution in [0.5, 0.6) is 5.75 Å². The Bertz CT molecular complexity index is 2130. The second-order valence-electron chi connectivity index (χ2n) is 16.8. The number of hydrogen-bond acceptors (Lipinski definition) is 12. The molecule has 0 unspecified atom stereocenters. The first kappa shape index (κ1) is 51.8. The van der Waals surface area contributed by atoms with Gasteiger partial charge in [-0.25, -0.2) is 4.79 Å². The summed E-state index contributed by atoms with van der Waals surface area (Å²) in [5.41, 5.74) is 6.07. The number of allylic oxidation sites excluding steroid dienone is 1. The maximum atomic E-state index is 14.9. The molecule has 2 fully saturated rings. The number of aliphatic hydroxyl groups is 1. The highest BCUT2D eigenvalue weighted by Gasteiger charge is 2.45. The Labute approximate surface area is 383 Å². The Morgan fingerprint density at radius 2 is 1.53 bits per heavy atom. The van der Waals surface area contributed by atoms with Gasteiger partial charge in [0, 0.05) is 32.7 Å². The van der Waals surface area contributed by atoms with Gasteiger partial charge >= 0.3 is 5.97 Å². The molecule has 0 aliphatic carbocycles. The summed E-state index contributed by atoms with van der Waals surface area (Å²) in [6.07, 6.45) is -2.33. The number of likely N-dealkylation sites (N-methyl/N-ethyl adjacent to an activating group) is 1. The van der Waals surface area contributed by atoms with Crippen LogP contribution in [0.1, 0.15) is 84.3 Å². The van der Waals surface area contributed by atoms with Crippen LogP contribution in [-0.4, -0.2) is 129 Å². The van der Waals surface area contributed by atoms with Crippen molar-refractivity contribution in [2.45, 2.75) is 135 Å². The highest BCUT2D eigenvalue weighted by atomic mass is 16.5. The zero-order valence-corrected chi connectivity index (χ0v) is 38.1. The molecule has 20 heteroatoms. The Balaban J connectivity index is 1.85. The number of cyclic esters (lactones) is 1. The van der Waals surface area contributed by atoms with Crippen molar-refractivity contribution in [3.05, 3.63) is 77.5 Å². The fourth-order valence-corrected chi connectivity index (χ4v) is 7.67. The highest BCUT2D eigenvalue weighted by molar-refractivity contribution is 6.02. The van der Waals surface area contributed by atoms with Crippen LogP contribution in [0, 0.1) is 5.92 Å². The van der Waals surface area contributed by atoms with Crippen LogP contribution in [0.25, 0.3) is 0 Å². The van der Waals surface area contributed by atoms with Gasteiger partial charge < -0.3 is 57.1 Å². The van der Waals surface area contributed by atoms with Crippen LogP contribution in [0.4, 0.5) is 0 Å². The molecule has 66 heavy (non-hydrogen) atoms. The molecular weight excluding hydrogens is 857 g/mol. The molecule has 2 heterocycles. The van der Waals surface area contributed by atoms with E-state index in [1.807, 2.05) is 0 Å². The minimum Gasteiger partial charge on any atom is -0.508 e. The largest absolute Gasteiger partial charge is 0.508 e. The van der Waals surface area contributed by atoms with E-state index < -0.39 is 108 Å². The molecule has 0 saturated carbocycles. The third-order valence-corrected chi connectivity index (χ3v) is 11.4. The van der Waals surface area contributed by atoms with Crippen LogP contribution >= 0.6 is 0 Å². The van der Waals surface area contributed by atoms with Gasteiger partial charge in [0.1, 0.15) is 60.0 Å². The van der Waals surface area contributed by atoms with E-state index in [1.54, 1.807) is 63.2 Å². The second kappa shape index (κ2) is 23.9. The number of rotatable bonds is 13. The molecule has 20 nitrogen and oxygen atoms in total. The molecule has 2 saturated heterocycles. The van der Waals surface area contributed by atoms with Crippen LogP contribution in [0.2, 0.25) is 0 Å². The summed E-state index contributed by atoms with van der Waals surface area (Å²) in [7, 11) is 1.35. The number of aromatic hydroxyl groups is 1. The molecule has 0 spiro atoms. The molecule has 2 aromatic rings. The van der Waals surface area contributed by atoms with Crippen molar-refractivity contribution in [3.8, 4) is 5.75 Å². The normalized spacial score (nSPS) is 24.8. The Morgan fingerprint density at radius 1 is 0.894 bits per heavy atom. The number of carbonyl (C=O) groups is 9. The summed E-state index contributed by atoms with van der Waals surface area (Å²) in [4.78, 5) is 127. The van der Waals surface area contributed by atoms with Gasteiger partial charge in [-0.15, -0.1) is 0 Å². The van der Waals surface area contributed by atoms with E-state index >= 15 is 0 Å². The van der Waals surface area contributed by atoms with E-state index in [2.05, 4.69) is 26.6 Å². The number of ether oxygens (including phenoxy) is 1. The maximum absolute atomic E-state index is 14.9. The zero-order valence-electron chi connectivity index (χ0n) is 38.1. The minimum atomic E-state index is -1.78. The lowest BCUT2D eigenvalue weighted by Gasteiger charge is -2.43. The predicted molar refractivity (Wildman–Crippen MR) is 238 cm³/mol. The standard InChI is InChI=1S/C46H62N8O12/c1-7-12-36(57)48-31(19-21-35(47)56)41(60)52-39-26(5)66-46(65)38(25(3)4)51-42(61)33(23-28-15-17-29(55)18-16-28)53(6)45(64)34(24-27-13-10-9-11-14-27)54-37(58)22-20-32(44(54)63)50-40(59)30(8-2)49-43(39)62/h8-11,13-18,25-26,31-34,37-39,55,58H,7,12,19-24H2,1-6H3,(H2,47,56)(H,48,57)(H,49,62)(H,50,59)(H,51,61)(H,52,60)/b30-8-/t26-,31+,32+,33+,34+,37-,38+,39+/m1/s1. The van der Waals surface area contributed by atoms with E-state index in [4.69, 9.17) is 10.5 Å². The highest BCUT2D eigenvalue weighted by Crippen LogP contribution is 2.25. The lowest BCUT2D eigenvalue weighted by atomic mass is 9.95. The van der Waals surface area contributed by atoms with Gasteiger partial charge in [-0.3, -0.25) is 38.4 Å². The molecule has 2 aromatic carbocycles. The number of nitrogens with zero attached hydrogens (tertiary/aromatic N) is 2. The van der Waals surface area contributed by atoms with Gasteiger partial charge in [0.25, 0.3) is 11.8 Å². The summed E-state index contributed by atoms with van der Waals surface area (Å²) in [6, 6.07) is 5.86. The topological polar surface area (TPSA) is 296 Å². The third-order valence-electron chi connectivity index (χ3n) is 11.4. The molecule has 4 rings (SSSR count). The number of fused-ring (bicyclic) bond motifs is 2. The van der Waals surface area contributed by atoms with Crippen LogP contribution < -0.4 is 32.3 Å². The van der Waals surface area contributed by atoms with Crippen molar-refractivity contribution in [3.63, 3.8) is 0 Å². The number of phenolic OH excluding ortho intramolecular Hbond substituents is 1. The number of benzene rings is 2. The van der Waals surface area contributed by atoms with E-state index in [1.165, 1.54) is 39.1 Å². The molecule has 2 bridgehead atoms. The number of primary amides is 1. The van der Waals surface area contributed by atoms with Crippen LogP contribution in [0.15, 0.2) is 66.4 Å². The Hall–Kier alpha value is -6.83. The van der Waals surface area contributed by atoms with Crippen molar-refractivity contribution in [1.82, 2.24) is 36.4 Å². The van der Waals surface area contributed by atoms with Crippen LogP contribution in [0.3, 0.4) is 0 Å². The number of piperidine rings is 1. The summed E-state index contributed by atoms with van der Waals surface area (Å²) in [5.74, 6) is -8.45. The predicted octanol–water partition coefficient (Wildman–Crippen LogP) is -0.0601. The average Bonchev–Trinajstić information content (AvgIpc) is 3.27. The van der Waals surface area contributed by atoms with E-state index in [-0.39, 0.29) is 56.4 Å². The van der Waals surface area contributed by atoms with Gasteiger partial charge in [-0.1, -0.05) is 69.3 Å². The van der Waals surface area contributed by atoms with Crippen molar-refractivity contribution >= 4 is 53.2 Å². The van der Waals surface area contributed by atoms with Gasteiger partial charge in [-0.2, -0.15) is 0 Å². The summed E-state index contributed by atoms with van der Waals surface area (Å²) in [5, 5.41) is 34.2. The molecule has 9 N–H and O–H groups in total. The number of hydrogen-bond donors (Lipinski definition) is 8. The molecule has 0 aromatic heterocycles. The molecular formula is C46H62N8O12. The number of phenols is 1. The number of aliphatic hydroxyl groups excluding tert-OH is 1. The lowest BCUT2D eigenvalue weighted by Crippen LogP contribution is -2.64. The molecule has 8 amide bonds. The first-order chi connectivity index (χ1) is 31.2. The quantitative estimate of drug-likeness (QED) is 0.0969. The van der Waals surface area contributed by atoms with E-state index in [0.717, 1.165) is 9.80 Å². The smallest absolute Gasteiger partial charge is 0.329 e. The molecule has 358 valence electrons. The number of amides is 8. The zero-order chi connectivity index (χ0) is 48.8. The number of nitrogens with two attached hydrogens (primary N) is 1. The third kappa shape index (κ3) is 13.8. The maximum Gasteiger partial charge on any atom is 0.329 e. The minimum absolute atomic E-state index is 0.0357. The molecule has 2 aliphatic rings. The van der Waals surface area contributed by atoms with Gasteiger partial charge in [-0.05, 0) is 68.7 Å². The second-order valence-corrected chi connectivity index (χ2v) is 16.8. The van der Waals surface area contributed by atoms with Gasteiger partial charge in [0.2, 0.25) is 35.4 Å².